The Morgan fingerprint density at radius 3 is 2.63 bits per heavy atom. The van der Waals surface area contributed by atoms with Gasteiger partial charge in [-0.2, -0.15) is 0 Å². The molecular weight excluding hydrogens is 242 g/mol. The molecule has 100 valence electrons. The van der Waals surface area contributed by atoms with Gasteiger partial charge >= 0.3 is 0 Å². The van der Waals surface area contributed by atoms with Crippen molar-refractivity contribution in [1.82, 2.24) is 14.8 Å². The Kier molecular flexibility index (Phi) is 3.91. The molecule has 3 N–H and O–H groups in total. The molecule has 19 heavy (non-hydrogen) atoms. The molecule has 1 heterocycles. The Labute approximate surface area is 111 Å². The molecule has 6 heteroatoms. The first-order valence-electron chi connectivity index (χ1n) is 6.09. The van der Waals surface area contributed by atoms with E-state index in [1.807, 2.05) is 38.1 Å². The third-order valence-electron chi connectivity index (χ3n) is 2.85. The van der Waals surface area contributed by atoms with Crippen LogP contribution in [-0.4, -0.2) is 26.7 Å². The summed E-state index contributed by atoms with van der Waals surface area (Å²) in [5, 5.41) is 10.3. The molecule has 0 radical (unpaired) electrons. The van der Waals surface area contributed by atoms with E-state index < -0.39 is 6.04 Å². The summed E-state index contributed by atoms with van der Waals surface area (Å²) < 4.78 is 1.76. The number of carbonyl (C=O) groups excluding carboxylic acids is 1. The number of anilines is 1. The van der Waals surface area contributed by atoms with E-state index >= 15 is 0 Å². The highest BCUT2D eigenvalue weighted by Gasteiger charge is 2.17. The van der Waals surface area contributed by atoms with Gasteiger partial charge in [0.1, 0.15) is 12.7 Å². The normalized spacial score (nSPS) is 12.4. The molecule has 0 spiro atoms. The highest BCUT2D eigenvalue weighted by atomic mass is 16.2. The van der Waals surface area contributed by atoms with Crippen LogP contribution in [0.15, 0.2) is 36.9 Å². The third kappa shape index (κ3) is 3.17. The number of carbonyl (C=O) groups is 1. The van der Waals surface area contributed by atoms with Crippen molar-refractivity contribution >= 4 is 11.6 Å². The summed E-state index contributed by atoms with van der Waals surface area (Å²) in [5.74, 6) is -0.0862. The van der Waals surface area contributed by atoms with Crippen LogP contribution in [-0.2, 0) is 4.79 Å². The van der Waals surface area contributed by atoms with E-state index in [1.165, 1.54) is 0 Å². The Hall–Kier alpha value is -2.21. The average Bonchev–Trinajstić information content (AvgIpc) is 2.91. The molecule has 2 aromatic rings. The lowest BCUT2D eigenvalue weighted by Crippen LogP contribution is -2.39. The summed E-state index contributed by atoms with van der Waals surface area (Å²) in [6.45, 7) is 3.83. The standard InChI is InChI=1S/C13H17N5O/c1-9(2)12(14)13(19)17-10-4-3-5-11(6-10)18-7-15-16-8-18/h3-9,12H,14H2,1-2H3,(H,17,19)/t12-/m1/s1. The van der Waals surface area contributed by atoms with Crippen LogP contribution in [0.3, 0.4) is 0 Å². The molecule has 1 aromatic heterocycles. The number of aromatic nitrogens is 3. The highest BCUT2D eigenvalue weighted by molar-refractivity contribution is 5.95. The molecular formula is C13H17N5O. The van der Waals surface area contributed by atoms with Crippen LogP contribution in [0.5, 0.6) is 0 Å². The van der Waals surface area contributed by atoms with Crippen molar-refractivity contribution < 1.29 is 4.79 Å². The maximum absolute atomic E-state index is 11.9. The Balaban J connectivity index is 2.14. The fourth-order valence-electron chi connectivity index (χ4n) is 1.61. The van der Waals surface area contributed by atoms with Crippen molar-refractivity contribution in [2.75, 3.05) is 5.32 Å². The minimum Gasteiger partial charge on any atom is -0.325 e. The summed E-state index contributed by atoms with van der Waals surface area (Å²) in [6, 6.07) is 6.90. The number of nitrogens with one attached hydrogen (secondary N) is 1. The Bertz CT molecular complexity index is 550. The fraction of sp³-hybridized carbons (Fsp3) is 0.308. The van der Waals surface area contributed by atoms with E-state index in [9.17, 15) is 4.79 Å². The van der Waals surface area contributed by atoms with Crippen LogP contribution >= 0.6 is 0 Å². The van der Waals surface area contributed by atoms with Gasteiger partial charge in [0, 0.05) is 5.69 Å². The molecule has 1 aromatic carbocycles. The maximum Gasteiger partial charge on any atom is 0.241 e. The van der Waals surface area contributed by atoms with Gasteiger partial charge in [-0.3, -0.25) is 9.36 Å². The number of hydrogen-bond acceptors (Lipinski definition) is 4. The number of benzene rings is 1. The van der Waals surface area contributed by atoms with E-state index in [4.69, 9.17) is 5.73 Å². The third-order valence-corrected chi connectivity index (χ3v) is 2.85. The zero-order chi connectivity index (χ0) is 13.8. The number of amides is 1. The number of rotatable bonds is 4. The van der Waals surface area contributed by atoms with Crippen LogP contribution in [0, 0.1) is 5.92 Å². The van der Waals surface area contributed by atoms with Crippen LogP contribution < -0.4 is 11.1 Å². The molecule has 1 amide bonds. The summed E-state index contributed by atoms with van der Waals surface area (Å²) in [4.78, 5) is 11.9. The lowest BCUT2D eigenvalue weighted by Gasteiger charge is -2.15. The summed E-state index contributed by atoms with van der Waals surface area (Å²) >= 11 is 0. The molecule has 0 bridgehead atoms. The topological polar surface area (TPSA) is 85.8 Å². The fourth-order valence-corrected chi connectivity index (χ4v) is 1.61. The molecule has 6 nitrogen and oxygen atoms in total. The molecule has 0 unspecified atom stereocenters. The second-order valence-electron chi connectivity index (χ2n) is 4.68. The first-order chi connectivity index (χ1) is 9.08. The quantitative estimate of drug-likeness (QED) is 0.863. The summed E-state index contributed by atoms with van der Waals surface area (Å²) in [7, 11) is 0. The molecule has 0 aliphatic rings. The predicted octanol–water partition coefficient (Wildman–Crippen LogP) is 1.19. The Morgan fingerprint density at radius 2 is 2.00 bits per heavy atom. The van der Waals surface area contributed by atoms with Gasteiger partial charge in [-0.25, -0.2) is 0 Å². The summed E-state index contributed by atoms with van der Waals surface area (Å²) in [5.41, 5.74) is 7.38. The predicted molar refractivity (Wildman–Crippen MR) is 72.8 cm³/mol. The number of nitrogens with zero attached hydrogens (tertiary/aromatic N) is 3. The average molecular weight is 259 g/mol. The smallest absolute Gasteiger partial charge is 0.241 e. The van der Waals surface area contributed by atoms with Crippen molar-refractivity contribution in [1.29, 1.82) is 0 Å². The first kappa shape index (κ1) is 13.2. The van der Waals surface area contributed by atoms with E-state index in [0.717, 1.165) is 5.69 Å². The zero-order valence-corrected chi connectivity index (χ0v) is 10.9. The van der Waals surface area contributed by atoms with Crippen molar-refractivity contribution in [3.8, 4) is 5.69 Å². The lowest BCUT2D eigenvalue weighted by atomic mass is 10.0. The SMILES string of the molecule is CC(C)[C@@H](N)C(=O)Nc1cccc(-n2cnnc2)c1. The van der Waals surface area contributed by atoms with E-state index in [-0.39, 0.29) is 11.8 Å². The van der Waals surface area contributed by atoms with Gasteiger partial charge in [0.25, 0.3) is 0 Å². The van der Waals surface area contributed by atoms with Crippen molar-refractivity contribution in [3.05, 3.63) is 36.9 Å². The Morgan fingerprint density at radius 1 is 1.32 bits per heavy atom. The molecule has 0 fully saturated rings. The lowest BCUT2D eigenvalue weighted by molar-refractivity contribution is -0.118. The second kappa shape index (κ2) is 5.62. The van der Waals surface area contributed by atoms with E-state index in [1.54, 1.807) is 17.2 Å². The zero-order valence-electron chi connectivity index (χ0n) is 10.9. The highest BCUT2D eigenvalue weighted by Crippen LogP contribution is 2.14. The van der Waals surface area contributed by atoms with E-state index in [2.05, 4.69) is 15.5 Å². The molecule has 0 saturated heterocycles. The minimum atomic E-state index is -0.515. The van der Waals surface area contributed by atoms with Crippen LogP contribution in [0.25, 0.3) is 5.69 Å². The van der Waals surface area contributed by atoms with Gasteiger partial charge < -0.3 is 11.1 Å². The maximum atomic E-state index is 11.9. The van der Waals surface area contributed by atoms with Gasteiger partial charge in [0.05, 0.1) is 11.7 Å². The number of nitrogens with two attached hydrogens (primary N) is 1. The van der Waals surface area contributed by atoms with Gasteiger partial charge in [-0.1, -0.05) is 19.9 Å². The second-order valence-corrected chi connectivity index (χ2v) is 4.68. The van der Waals surface area contributed by atoms with Crippen molar-refractivity contribution in [3.63, 3.8) is 0 Å². The van der Waals surface area contributed by atoms with Crippen molar-refractivity contribution in [2.24, 2.45) is 11.7 Å². The molecule has 0 aliphatic heterocycles. The first-order valence-corrected chi connectivity index (χ1v) is 6.09. The van der Waals surface area contributed by atoms with Gasteiger partial charge in [0.2, 0.25) is 5.91 Å². The van der Waals surface area contributed by atoms with Crippen molar-refractivity contribution in [2.45, 2.75) is 19.9 Å². The molecule has 0 saturated carbocycles. The monoisotopic (exact) mass is 259 g/mol. The largest absolute Gasteiger partial charge is 0.325 e. The summed E-state index contributed by atoms with van der Waals surface area (Å²) in [6.07, 6.45) is 3.20. The van der Waals surface area contributed by atoms with E-state index in [0.29, 0.717) is 5.69 Å². The number of hydrogen-bond donors (Lipinski definition) is 2. The molecule has 0 aliphatic carbocycles. The van der Waals surface area contributed by atoms with Crippen LogP contribution in [0.2, 0.25) is 0 Å². The molecule has 1 atom stereocenters. The minimum absolute atomic E-state index is 0.0982. The van der Waals surface area contributed by atoms with Gasteiger partial charge in [-0.15, -0.1) is 10.2 Å². The van der Waals surface area contributed by atoms with Crippen LogP contribution in [0.4, 0.5) is 5.69 Å². The van der Waals surface area contributed by atoms with Gasteiger partial charge in [0.15, 0.2) is 0 Å². The molecule has 2 rings (SSSR count). The van der Waals surface area contributed by atoms with Crippen LogP contribution in [0.1, 0.15) is 13.8 Å². The van der Waals surface area contributed by atoms with Gasteiger partial charge in [-0.05, 0) is 24.1 Å².